The number of benzene rings is 2. The Morgan fingerprint density at radius 1 is 0.900 bits per heavy atom. The highest BCUT2D eigenvalue weighted by molar-refractivity contribution is 5.61. The lowest BCUT2D eigenvalue weighted by atomic mass is 9.87. The second-order valence-electron chi connectivity index (χ2n) is 11.0. The van der Waals surface area contributed by atoms with Gasteiger partial charge in [0.2, 0.25) is 0 Å². The van der Waals surface area contributed by atoms with Crippen LogP contribution >= 0.6 is 0 Å². The number of methoxy groups -OCH3 is 1. The van der Waals surface area contributed by atoms with E-state index in [1.807, 2.05) is 0 Å². The summed E-state index contributed by atoms with van der Waals surface area (Å²) in [5.74, 6) is 2.24. The van der Waals surface area contributed by atoms with Crippen molar-refractivity contribution in [3.8, 4) is 11.5 Å². The molecule has 2 atom stereocenters. The van der Waals surface area contributed by atoms with Crippen molar-refractivity contribution >= 4 is 5.69 Å². The zero-order chi connectivity index (χ0) is 27.4. The normalized spacial score (nSPS) is 21.6. The third-order valence-corrected chi connectivity index (χ3v) is 8.16. The predicted molar refractivity (Wildman–Crippen MR) is 158 cm³/mol. The summed E-state index contributed by atoms with van der Waals surface area (Å²) in [6, 6.07) is 15.1. The van der Waals surface area contributed by atoms with E-state index in [1.165, 1.54) is 11.1 Å². The molecule has 2 aromatic rings. The molecule has 0 bridgehead atoms. The number of nitrogens with zero attached hydrogens (tertiary/aromatic N) is 1. The molecule has 0 spiro atoms. The van der Waals surface area contributed by atoms with Crippen LogP contribution in [0.3, 0.4) is 0 Å². The Bertz CT molecular complexity index is 1010. The molecule has 8 nitrogen and oxygen atoms in total. The molecule has 3 heterocycles. The molecule has 220 valence electrons. The Labute approximate surface area is 239 Å². The highest BCUT2D eigenvalue weighted by atomic mass is 16.5. The van der Waals surface area contributed by atoms with Crippen LogP contribution in [0, 0.1) is 0 Å². The van der Waals surface area contributed by atoms with Gasteiger partial charge in [-0.1, -0.05) is 18.2 Å². The fourth-order valence-corrected chi connectivity index (χ4v) is 5.90. The molecule has 0 unspecified atom stereocenters. The number of rotatable bonds is 14. The fourth-order valence-electron chi connectivity index (χ4n) is 5.90. The summed E-state index contributed by atoms with van der Waals surface area (Å²) < 4.78 is 29.7. The van der Waals surface area contributed by atoms with E-state index in [0.717, 1.165) is 108 Å². The smallest absolute Gasteiger partial charge is 0.142 e. The van der Waals surface area contributed by atoms with Crippen molar-refractivity contribution in [2.24, 2.45) is 0 Å². The van der Waals surface area contributed by atoms with Gasteiger partial charge >= 0.3 is 0 Å². The minimum atomic E-state index is 0.123. The highest BCUT2D eigenvalue weighted by Crippen LogP contribution is 2.34. The SMILES string of the molecule is COCCCN1CCOc2ccc(CO[C@H]3CNCC[C@@H]3c3ccc(OCCCOC4CCNCC4)cc3)cc21. The Hall–Kier alpha value is -2.36. The molecule has 2 fully saturated rings. The zero-order valence-corrected chi connectivity index (χ0v) is 24.1. The molecule has 0 aliphatic carbocycles. The average molecular weight is 554 g/mol. The molecule has 0 amide bonds. The summed E-state index contributed by atoms with van der Waals surface area (Å²) in [6.07, 6.45) is 5.73. The summed E-state index contributed by atoms with van der Waals surface area (Å²) in [7, 11) is 1.76. The predicted octanol–water partition coefficient (Wildman–Crippen LogP) is 4.12. The summed E-state index contributed by atoms with van der Waals surface area (Å²) in [4.78, 5) is 2.40. The van der Waals surface area contributed by atoms with Gasteiger partial charge in [-0.2, -0.15) is 0 Å². The highest BCUT2D eigenvalue weighted by Gasteiger charge is 2.27. The molecule has 40 heavy (non-hydrogen) atoms. The average Bonchev–Trinajstić information content (AvgIpc) is 3.01. The first-order chi connectivity index (χ1) is 19.8. The van der Waals surface area contributed by atoms with Crippen LogP contribution in [0.25, 0.3) is 0 Å². The summed E-state index contributed by atoms with van der Waals surface area (Å²) >= 11 is 0. The van der Waals surface area contributed by atoms with Gasteiger partial charge in [-0.25, -0.2) is 0 Å². The Morgan fingerprint density at radius 3 is 2.60 bits per heavy atom. The number of hydrogen-bond acceptors (Lipinski definition) is 8. The van der Waals surface area contributed by atoms with Crippen molar-refractivity contribution in [2.75, 3.05) is 77.7 Å². The van der Waals surface area contributed by atoms with Crippen LogP contribution in [0.5, 0.6) is 11.5 Å². The van der Waals surface area contributed by atoms with E-state index in [-0.39, 0.29) is 6.10 Å². The number of hydrogen-bond donors (Lipinski definition) is 2. The summed E-state index contributed by atoms with van der Waals surface area (Å²) in [5, 5.41) is 6.90. The molecular formula is C32H47N3O5. The van der Waals surface area contributed by atoms with Crippen molar-refractivity contribution in [2.45, 2.75) is 56.8 Å². The topological polar surface area (TPSA) is 73.5 Å². The number of anilines is 1. The lowest BCUT2D eigenvalue weighted by Gasteiger charge is -2.33. The minimum Gasteiger partial charge on any atom is -0.494 e. The Morgan fingerprint density at radius 2 is 1.75 bits per heavy atom. The van der Waals surface area contributed by atoms with Crippen LogP contribution in [0.1, 0.15) is 49.1 Å². The van der Waals surface area contributed by atoms with E-state index in [2.05, 4.69) is 58.0 Å². The second-order valence-corrected chi connectivity index (χ2v) is 11.0. The largest absolute Gasteiger partial charge is 0.494 e. The van der Waals surface area contributed by atoms with E-state index in [0.29, 0.717) is 25.2 Å². The van der Waals surface area contributed by atoms with Gasteiger partial charge in [-0.05, 0) is 80.7 Å². The molecule has 3 aliphatic rings. The molecule has 0 saturated carbocycles. The maximum absolute atomic E-state index is 6.54. The lowest BCUT2D eigenvalue weighted by Crippen LogP contribution is -2.41. The summed E-state index contributed by atoms with van der Waals surface area (Å²) in [6.45, 7) is 9.39. The van der Waals surface area contributed by atoms with Gasteiger partial charge in [0.1, 0.15) is 18.1 Å². The molecule has 3 aliphatic heterocycles. The van der Waals surface area contributed by atoms with Crippen LogP contribution in [0.2, 0.25) is 0 Å². The number of ether oxygens (including phenoxy) is 5. The molecule has 2 N–H and O–H groups in total. The van der Waals surface area contributed by atoms with Gasteiger partial charge in [0, 0.05) is 39.1 Å². The van der Waals surface area contributed by atoms with E-state index in [1.54, 1.807) is 7.11 Å². The molecule has 8 heteroatoms. The van der Waals surface area contributed by atoms with Crippen LogP contribution in [0.15, 0.2) is 42.5 Å². The van der Waals surface area contributed by atoms with Gasteiger partial charge in [0.05, 0.1) is 44.3 Å². The molecule has 2 saturated heterocycles. The first kappa shape index (κ1) is 29.1. The van der Waals surface area contributed by atoms with E-state index < -0.39 is 0 Å². The second kappa shape index (κ2) is 15.6. The molecule has 0 aromatic heterocycles. The number of piperidine rings is 2. The van der Waals surface area contributed by atoms with Gasteiger partial charge in [-0.15, -0.1) is 0 Å². The minimum absolute atomic E-state index is 0.123. The van der Waals surface area contributed by atoms with Crippen molar-refractivity contribution < 1.29 is 23.7 Å². The first-order valence-electron chi connectivity index (χ1n) is 15.2. The van der Waals surface area contributed by atoms with Crippen molar-refractivity contribution in [1.29, 1.82) is 0 Å². The van der Waals surface area contributed by atoms with Gasteiger partial charge in [0.15, 0.2) is 0 Å². The fraction of sp³-hybridized carbons (Fsp3) is 0.625. The van der Waals surface area contributed by atoms with E-state index >= 15 is 0 Å². The van der Waals surface area contributed by atoms with Crippen LogP contribution in [0.4, 0.5) is 5.69 Å². The van der Waals surface area contributed by atoms with Crippen molar-refractivity contribution in [3.63, 3.8) is 0 Å². The van der Waals surface area contributed by atoms with Crippen molar-refractivity contribution in [1.82, 2.24) is 10.6 Å². The van der Waals surface area contributed by atoms with E-state index in [4.69, 9.17) is 23.7 Å². The number of nitrogens with one attached hydrogen (secondary N) is 2. The standard InChI is InChI=1S/C32H47N3O5/c1-36-18-2-16-35-17-21-39-31-9-4-25(22-30(31)35)24-40-32-23-34-15-12-29(32)26-5-7-27(8-6-26)37-19-3-20-38-28-10-13-33-14-11-28/h4-9,22,28-29,32-34H,2-3,10-21,23-24H2,1H3/t29-,32+/m1/s1. The lowest BCUT2D eigenvalue weighted by molar-refractivity contribution is 0.0106. The van der Waals surface area contributed by atoms with Crippen LogP contribution in [-0.2, 0) is 20.8 Å². The Balaban J connectivity index is 1.10. The monoisotopic (exact) mass is 553 g/mol. The third-order valence-electron chi connectivity index (χ3n) is 8.16. The molecule has 0 radical (unpaired) electrons. The van der Waals surface area contributed by atoms with Gasteiger partial charge < -0.3 is 39.2 Å². The quantitative estimate of drug-likeness (QED) is 0.339. The maximum atomic E-state index is 6.54. The Kier molecular flexibility index (Phi) is 11.4. The molecular weight excluding hydrogens is 506 g/mol. The van der Waals surface area contributed by atoms with Crippen LogP contribution in [-0.4, -0.2) is 85.0 Å². The van der Waals surface area contributed by atoms with Gasteiger partial charge in [-0.3, -0.25) is 0 Å². The maximum Gasteiger partial charge on any atom is 0.142 e. The number of fused-ring (bicyclic) bond motifs is 1. The molecule has 5 rings (SSSR count). The van der Waals surface area contributed by atoms with Crippen molar-refractivity contribution in [3.05, 3.63) is 53.6 Å². The van der Waals surface area contributed by atoms with Crippen LogP contribution < -0.4 is 25.0 Å². The van der Waals surface area contributed by atoms with Gasteiger partial charge in [0.25, 0.3) is 0 Å². The van der Waals surface area contributed by atoms with E-state index in [9.17, 15) is 0 Å². The first-order valence-corrected chi connectivity index (χ1v) is 15.2. The summed E-state index contributed by atoms with van der Waals surface area (Å²) in [5.41, 5.74) is 3.66. The third kappa shape index (κ3) is 8.33. The molecule has 2 aromatic carbocycles. The zero-order valence-electron chi connectivity index (χ0n) is 24.1.